The van der Waals surface area contributed by atoms with Gasteiger partial charge in [-0.3, -0.25) is 0 Å². The molecule has 1 fully saturated rings. The molecule has 0 saturated heterocycles. The number of rotatable bonds is 2. The highest BCUT2D eigenvalue weighted by molar-refractivity contribution is 4.91. The van der Waals surface area contributed by atoms with Crippen molar-refractivity contribution in [3.05, 3.63) is 12.7 Å². The molecule has 0 aromatic carbocycles. The van der Waals surface area contributed by atoms with Gasteiger partial charge in [-0.25, -0.2) is 0 Å². The lowest BCUT2D eigenvalue weighted by molar-refractivity contribution is -0.0426. The molecule has 0 bridgehead atoms. The Labute approximate surface area is 67.6 Å². The summed E-state index contributed by atoms with van der Waals surface area (Å²) >= 11 is 0. The Balaban J connectivity index is 2.47. The van der Waals surface area contributed by atoms with Crippen molar-refractivity contribution in [2.45, 2.75) is 43.8 Å². The predicted molar refractivity (Wildman–Crippen MR) is 44.2 cm³/mol. The van der Waals surface area contributed by atoms with Crippen molar-refractivity contribution in [2.24, 2.45) is 0 Å². The molecule has 1 aliphatic carbocycles. The maximum atomic E-state index is 9.81. The summed E-state index contributed by atoms with van der Waals surface area (Å²) in [6.07, 6.45) is 5.08. The molecule has 0 unspecified atom stereocenters. The lowest BCUT2D eigenvalue weighted by atomic mass is 9.81. The normalized spacial score (nSPS) is 38.5. The molecule has 0 aromatic rings. The first-order valence-corrected chi connectivity index (χ1v) is 4.18. The third-order valence-corrected chi connectivity index (χ3v) is 2.32. The van der Waals surface area contributed by atoms with Gasteiger partial charge < -0.3 is 10.2 Å². The highest BCUT2D eigenvalue weighted by Gasteiger charge is 2.31. The fraction of sp³-hybridized carbons (Fsp3) is 0.778. The minimum absolute atomic E-state index is 0.311. The van der Waals surface area contributed by atoms with Crippen molar-refractivity contribution in [1.29, 1.82) is 0 Å². The van der Waals surface area contributed by atoms with E-state index in [2.05, 4.69) is 6.58 Å². The zero-order valence-corrected chi connectivity index (χ0v) is 6.79. The number of aliphatic hydroxyl groups is 2. The first kappa shape index (κ1) is 8.75. The van der Waals surface area contributed by atoms with Crippen LogP contribution in [-0.2, 0) is 0 Å². The maximum absolute atomic E-state index is 9.81. The molecule has 0 amide bonds. The second kappa shape index (κ2) is 3.37. The van der Waals surface area contributed by atoms with Crippen LogP contribution in [0.5, 0.6) is 0 Å². The summed E-state index contributed by atoms with van der Waals surface area (Å²) < 4.78 is 0. The quantitative estimate of drug-likeness (QED) is 0.590. The van der Waals surface area contributed by atoms with E-state index in [0.717, 1.165) is 19.3 Å². The molecule has 0 heterocycles. The van der Waals surface area contributed by atoms with Crippen LogP contribution >= 0.6 is 0 Å². The van der Waals surface area contributed by atoms with E-state index in [9.17, 15) is 10.2 Å². The highest BCUT2D eigenvalue weighted by Crippen LogP contribution is 2.31. The van der Waals surface area contributed by atoms with Gasteiger partial charge >= 0.3 is 0 Å². The molecule has 2 atom stereocenters. The Morgan fingerprint density at radius 3 is 2.91 bits per heavy atom. The molecule has 1 aliphatic rings. The van der Waals surface area contributed by atoms with E-state index in [4.69, 9.17) is 0 Å². The van der Waals surface area contributed by atoms with E-state index >= 15 is 0 Å². The molecular weight excluding hydrogens is 140 g/mol. The van der Waals surface area contributed by atoms with Gasteiger partial charge in [-0.05, 0) is 25.7 Å². The summed E-state index contributed by atoms with van der Waals surface area (Å²) in [6, 6.07) is 0. The summed E-state index contributed by atoms with van der Waals surface area (Å²) in [5, 5.41) is 19.1. The Morgan fingerprint density at radius 2 is 2.36 bits per heavy atom. The van der Waals surface area contributed by atoms with Crippen LogP contribution in [0.2, 0.25) is 0 Å². The summed E-state index contributed by atoms with van der Waals surface area (Å²) in [4.78, 5) is 0. The van der Waals surface area contributed by atoms with Crippen LogP contribution in [0.3, 0.4) is 0 Å². The molecule has 1 saturated carbocycles. The van der Waals surface area contributed by atoms with Gasteiger partial charge in [0.1, 0.15) is 0 Å². The monoisotopic (exact) mass is 156 g/mol. The van der Waals surface area contributed by atoms with Gasteiger partial charge in [0, 0.05) is 6.42 Å². The number of hydrogen-bond donors (Lipinski definition) is 2. The lowest BCUT2D eigenvalue weighted by Crippen LogP contribution is -2.36. The average molecular weight is 156 g/mol. The molecule has 11 heavy (non-hydrogen) atoms. The van der Waals surface area contributed by atoms with Gasteiger partial charge in [0.15, 0.2) is 0 Å². The minimum atomic E-state index is -0.667. The smallest absolute Gasteiger partial charge is 0.0706 e. The zero-order valence-electron chi connectivity index (χ0n) is 6.79. The average Bonchev–Trinajstić information content (AvgIpc) is 1.86. The summed E-state index contributed by atoms with van der Waals surface area (Å²) in [5.41, 5.74) is -0.667. The number of hydrogen-bond acceptors (Lipinski definition) is 2. The molecule has 2 nitrogen and oxygen atoms in total. The van der Waals surface area contributed by atoms with Gasteiger partial charge in [0.25, 0.3) is 0 Å². The van der Waals surface area contributed by atoms with Crippen LogP contribution in [0.25, 0.3) is 0 Å². The third-order valence-electron chi connectivity index (χ3n) is 2.32. The Kier molecular flexibility index (Phi) is 2.68. The first-order chi connectivity index (χ1) is 5.16. The summed E-state index contributed by atoms with van der Waals surface area (Å²) in [6.45, 7) is 3.58. The standard InChI is InChI=1S/C9H16O2/c1-2-5-9(11)6-3-4-8(10)7-9/h2,8,10-11H,1,3-7H2/t8-,9-/m0/s1. The molecule has 0 radical (unpaired) electrons. The molecular formula is C9H16O2. The Hall–Kier alpha value is -0.340. The van der Waals surface area contributed by atoms with Crippen molar-refractivity contribution in [1.82, 2.24) is 0 Å². The Morgan fingerprint density at radius 1 is 1.64 bits per heavy atom. The van der Waals surface area contributed by atoms with Crippen molar-refractivity contribution in [2.75, 3.05) is 0 Å². The molecule has 0 aromatic heterocycles. The summed E-state index contributed by atoms with van der Waals surface area (Å²) in [7, 11) is 0. The van der Waals surface area contributed by atoms with Crippen molar-refractivity contribution in [3.8, 4) is 0 Å². The van der Waals surface area contributed by atoms with Crippen molar-refractivity contribution in [3.63, 3.8) is 0 Å². The van der Waals surface area contributed by atoms with Crippen LogP contribution in [-0.4, -0.2) is 21.9 Å². The van der Waals surface area contributed by atoms with Crippen LogP contribution < -0.4 is 0 Å². The van der Waals surface area contributed by atoms with E-state index < -0.39 is 5.60 Å². The lowest BCUT2D eigenvalue weighted by Gasteiger charge is -2.33. The number of aliphatic hydroxyl groups excluding tert-OH is 1. The third kappa shape index (κ3) is 2.31. The van der Waals surface area contributed by atoms with Gasteiger partial charge in [-0.15, -0.1) is 6.58 Å². The van der Waals surface area contributed by atoms with Crippen LogP contribution in [0.15, 0.2) is 12.7 Å². The molecule has 2 N–H and O–H groups in total. The highest BCUT2D eigenvalue weighted by atomic mass is 16.3. The maximum Gasteiger partial charge on any atom is 0.0706 e. The molecule has 0 spiro atoms. The van der Waals surface area contributed by atoms with E-state index in [1.165, 1.54) is 0 Å². The van der Waals surface area contributed by atoms with Crippen LogP contribution in [0, 0.1) is 0 Å². The molecule has 1 rings (SSSR count). The fourth-order valence-electron chi connectivity index (χ4n) is 1.76. The van der Waals surface area contributed by atoms with Gasteiger partial charge in [0.05, 0.1) is 11.7 Å². The largest absolute Gasteiger partial charge is 0.393 e. The first-order valence-electron chi connectivity index (χ1n) is 4.18. The second-order valence-electron chi connectivity index (χ2n) is 3.47. The Bertz CT molecular complexity index is 144. The molecule has 2 heteroatoms. The van der Waals surface area contributed by atoms with Crippen LogP contribution in [0.4, 0.5) is 0 Å². The molecule has 64 valence electrons. The topological polar surface area (TPSA) is 40.5 Å². The van der Waals surface area contributed by atoms with Gasteiger partial charge in [-0.2, -0.15) is 0 Å². The van der Waals surface area contributed by atoms with Crippen molar-refractivity contribution >= 4 is 0 Å². The SMILES string of the molecule is C=CC[C@]1(O)CCC[C@H](O)C1. The van der Waals surface area contributed by atoms with Crippen molar-refractivity contribution < 1.29 is 10.2 Å². The predicted octanol–water partition coefficient (Wildman–Crippen LogP) is 1.23. The van der Waals surface area contributed by atoms with E-state index in [1.807, 2.05) is 0 Å². The van der Waals surface area contributed by atoms with Gasteiger partial charge in [-0.1, -0.05) is 6.08 Å². The van der Waals surface area contributed by atoms with E-state index in [0.29, 0.717) is 12.8 Å². The zero-order chi connectivity index (χ0) is 8.32. The van der Waals surface area contributed by atoms with Gasteiger partial charge in [0.2, 0.25) is 0 Å². The van der Waals surface area contributed by atoms with E-state index in [1.54, 1.807) is 6.08 Å². The summed E-state index contributed by atoms with van der Waals surface area (Å²) in [5.74, 6) is 0. The minimum Gasteiger partial charge on any atom is -0.393 e. The van der Waals surface area contributed by atoms with E-state index in [-0.39, 0.29) is 6.10 Å². The van der Waals surface area contributed by atoms with Crippen LogP contribution in [0.1, 0.15) is 32.1 Å². The second-order valence-corrected chi connectivity index (χ2v) is 3.47. The fourth-order valence-corrected chi connectivity index (χ4v) is 1.76. The molecule has 0 aliphatic heterocycles.